The largest absolute Gasteiger partial charge is 1.00 e. The zero-order chi connectivity index (χ0) is 69.7. The van der Waals surface area contributed by atoms with Gasteiger partial charge in [0.05, 0.1) is 48.9 Å². The number of H-pyrrole nitrogens is 2. The number of fused-ring (bicyclic) bond motifs is 4. The quantitative estimate of drug-likeness (QED) is 0.0367. The summed E-state index contributed by atoms with van der Waals surface area (Å²) in [6.07, 6.45) is 1.69. The topological polar surface area (TPSA) is 155 Å². The minimum Gasteiger partial charge on any atom is -1.00 e. The van der Waals surface area contributed by atoms with Gasteiger partial charge in [-0.05, 0) is 126 Å². The van der Waals surface area contributed by atoms with E-state index < -0.39 is 112 Å². The zero-order valence-electron chi connectivity index (χ0n) is 63.9. The Kier molecular flexibility index (Phi) is 15.0. The van der Waals surface area contributed by atoms with Crippen LogP contribution in [0.1, 0.15) is 70.2 Å². The molecule has 0 spiro atoms. The van der Waals surface area contributed by atoms with Crippen molar-refractivity contribution >= 4 is 98.4 Å². The minimum absolute atomic E-state index is 0. The number of ether oxygens (including phenoxy) is 2. The van der Waals surface area contributed by atoms with Crippen LogP contribution in [0, 0.1) is 0 Å². The second-order valence-corrected chi connectivity index (χ2v) is 16.1. The van der Waals surface area contributed by atoms with Crippen molar-refractivity contribution in [1.82, 2.24) is 20.2 Å². The van der Waals surface area contributed by atoms with E-state index in [1.54, 1.807) is 47.2 Å². The van der Waals surface area contributed by atoms with Gasteiger partial charge in [0.15, 0.2) is 0 Å². The molecule has 0 atom stereocenters. The van der Waals surface area contributed by atoms with Gasteiger partial charge in [0, 0.05) is 124 Å². The Morgan fingerprint density at radius 2 is 1.16 bits per heavy atom. The average molecular weight is 1130 g/mol. The number of aromatic amines is 2. The maximum atomic E-state index is 12.0. The Bertz CT molecular complexity index is 4200. The van der Waals surface area contributed by atoms with E-state index in [0.29, 0.717) is 36.8 Å². The van der Waals surface area contributed by atoms with E-state index in [9.17, 15) is 9.59 Å². The molecule has 0 aliphatic carbocycles. The summed E-state index contributed by atoms with van der Waals surface area (Å²) in [5, 5.41) is 15.3. The van der Waals surface area contributed by atoms with Crippen molar-refractivity contribution in [3.8, 4) is 11.5 Å². The molecule has 2 aliphatic rings. The molecular weight excluding hydrogens is 1040 g/mol. The third-order valence-electron chi connectivity index (χ3n) is 8.98. The normalized spacial score (nSPS) is 24.4. The molecule has 8 aromatic rings. The average Bonchev–Trinajstić information content (AvgIpc) is 1.12. The number of piperazine rings is 2. The van der Waals surface area contributed by atoms with E-state index in [2.05, 4.69) is 30.8 Å². The number of rotatable bonds is 14. The number of alkyl halides is 1. The van der Waals surface area contributed by atoms with Crippen molar-refractivity contribution in [3.05, 3.63) is 140 Å². The summed E-state index contributed by atoms with van der Waals surface area (Å²) in [5.41, 5.74) is -1.86. The molecule has 0 saturated carbocycles. The van der Waals surface area contributed by atoms with Gasteiger partial charge in [-0.3, -0.25) is 19.3 Å². The number of carbonyl (C=O) groups is 1. The molecule has 0 bridgehead atoms. The third kappa shape index (κ3) is 18.2. The number of hydrogen-bond acceptors (Lipinski definition) is 13. The summed E-state index contributed by atoms with van der Waals surface area (Å²) >= 11 is 6.02. The van der Waals surface area contributed by atoms with Crippen LogP contribution in [-0.2, 0) is 9.68 Å². The first-order chi connectivity index (χ1) is 43.1. The van der Waals surface area contributed by atoms with Crippen molar-refractivity contribution in [3.63, 3.8) is 0 Å². The number of pyridine rings is 2. The molecule has 6 heterocycles. The minimum atomic E-state index is -3.02. The smallest absolute Gasteiger partial charge is 1.00 e. The van der Waals surface area contributed by atoms with Gasteiger partial charge in [-0.1, -0.05) is 35.5 Å². The molecule has 2 aliphatic heterocycles. The van der Waals surface area contributed by atoms with Crippen LogP contribution < -0.4 is 144 Å². The van der Waals surface area contributed by atoms with Crippen molar-refractivity contribution in [2.45, 2.75) is 33.1 Å². The zero-order valence-corrected chi connectivity index (χ0v) is 46.4. The van der Waals surface area contributed by atoms with Gasteiger partial charge in [-0.25, -0.2) is 0 Å². The Labute approximate surface area is 549 Å². The number of nitrogens with one attached hydrogen (secondary N) is 3. The fraction of sp³-hybridized carbons (Fsp3) is 0.327. The fourth-order valence-electron chi connectivity index (χ4n) is 5.94. The SMILES string of the molecule is C.O=CO[O-].[2H]C1([2H])NC([2H])([2H])C([2H])([2H])N(c2cccc3sccc23)C1([2H])[2H].[2H]c1c(OCCCCBr)c([2H])c2[nH]c(=O)c([2H])c([2H])c2c1[2H].[2H]c1c(OCCCCN2C([2H])([2H])C([2H])([2H])N(c3cccc4sccc34)C([2H])([2H])C2([2H])[2H])c([2H])c2[nH]c(=O)c([2H])c([2H])c2c1[2H].[H-].[K+].[K+]. The van der Waals surface area contributed by atoms with Crippen LogP contribution >= 0.6 is 38.6 Å². The number of benzene rings is 4. The van der Waals surface area contributed by atoms with Crippen LogP contribution in [0.25, 0.3) is 42.0 Å². The van der Waals surface area contributed by atoms with Gasteiger partial charge >= 0.3 is 103 Å². The Hall–Kier alpha value is -2.48. The molecule has 4 aromatic heterocycles. The van der Waals surface area contributed by atoms with Gasteiger partial charge in [-0.2, -0.15) is 0 Å². The second kappa shape index (κ2) is 32.7. The summed E-state index contributed by atoms with van der Waals surface area (Å²) in [5.74, 6) is -0.440. The molecule has 0 radical (unpaired) electrons. The number of hydrogen-bond donors (Lipinski definition) is 3. The molecule has 13 nitrogen and oxygen atoms in total. The number of anilines is 2. The Balaban J connectivity index is 0.000000392. The molecule has 18 heteroatoms. The van der Waals surface area contributed by atoms with Crippen LogP contribution in [0.15, 0.2) is 129 Å². The van der Waals surface area contributed by atoms with Gasteiger partial charge < -0.3 is 46.1 Å². The van der Waals surface area contributed by atoms with Gasteiger partial charge in [-0.15, -0.1) is 22.7 Å². The van der Waals surface area contributed by atoms with Crippen molar-refractivity contribution in [2.75, 3.05) is 86.9 Å². The monoisotopic (exact) mass is 1130 g/mol. The number of aromatic nitrogens is 2. The number of nitrogens with zero attached hydrogens (tertiary/aromatic N) is 3. The molecule has 3 N–H and O–H groups in total. The van der Waals surface area contributed by atoms with Crippen LogP contribution in [0.5, 0.6) is 11.5 Å². The summed E-state index contributed by atoms with van der Waals surface area (Å²) in [4.78, 5) is 41.1. The summed E-state index contributed by atoms with van der Waals surface area (Å²) in [6.45, 7) is -23.7. The third-order valence-corrected chi connectivity index (χ3v) is 11.3. The first kappa shape index (κ1) is 32.1. The van der Waals surface area contributed by atoms with Crippen LogP contribution in [-0.4, -0.2) is 98.4 Å². The molecule has 2 fully saturated rings. The number of carbonyl (C=O) groups excluding carboxylic acids is 1. The number of unbranched alkanes of at least 4 members (excludes halogenated alkanes) is 2. The maximum Gasteiger partial charge on any atom is 1.00 e. The molecule has 2 saturated heterocycles. The van der Waals surface area contributed by atoms with Gasteiger partial charge in [0.25, 0.3) is 6.47 Å². The molecule has 10 rings (SSSR count). The van der Waals surface area contributed by atoms with Crippen molar-refractivity contribution in [1.29, 1.82) is 0 Å². The van der Waals surface area contributed by atoms with E-state index in [4.69, 9.17) is 55.2 Å². The van der Waals surface area contributed by atoms with E-state index >= 15 is 0 Å². The fourth-order valence-corrected chi connectivity index (χ4v) is 7.96. The summed E-state index contributed by atoms with van der Waals surface area (Å²) in [6, 6.07) is 8.32. The molecule has 0 unspecified atom stereocenters. The number of thiophene rings is 2. The molecule has 4 aromatic carbocycles. The standard InChI is InChI=1S/C25H27N3O2S.C13H14BrNO2.C12H14N2S.CH2O3.CH4.2K.H/c29-25-9-7-19-6-8-20(18-22(19)26-25)30-16-2-1-11-27-12-14-28(15-13-27)23-4-3-5-24-21(23)10-17-31-24;14-7-1-2-8-17-11-5-3-10-4-6-13(16)15-12(10)9-11;1-2-11(14-7-5-13-6-8-14)10-4-9-15-12(10)3-1;2-1-4-3;;;;/h3-10,17-18H,1-2,11-16H2,(H,26,29);3-6,9H,1-2,7-8H2,(H,15,16);1-4,9,13H,5-8H2;1,3H;1H4;;;/q;;;;;2*+1;-1/p-1/i6D,7D,8D,9D,12D2,13D2,14D2,15D2,18D;3D,4D,5D,6D,9D;5D2,6D2,7D2,8D2;;;;;. The van der Waals surface area contributed by atoms with Gasteiger partial charge in [0.2, 0.25) is 11.1 Å². The van der Waals surface area contributed by atoms with Crippen LogP contribution in [0.4, 0.5) is 11.4 Å². The molecular formula is C52H61BrK2N6O7S2. The van der Waals surface area contributed by atoms with Crippen LogP contribution in [0.3, 0.4) is 0 Å². The molecule has 0 amide bonds. The predicted molar refractivity (Wildman–Crippen MR) is 285 cm³/mol. The Morgan fingerprint density at radius 1 is 0.686 bits per heavy atom. The van der Waals surface area contributed by atoms with E-state index in [0.717, 1.165) is 22.9 Å². The maximum absolute atomic E-state index is 12.0. The predicted octanol–water partition coefficient (Wildman–Crippen LogP) is 3.31. The first-order valence-corrected chi connectivity index (χ1v) is 22.9. The van der Waals surface area contributed by atoms with E-state index in [1.165, 1.54) is 34.8 Å². The summed E-state index contributed by atoms with van der Waals surface area (Å²) in [7, 11) is 0. The first-order valence-electron chi connectivity index (χ1n) is 33.0. The summed E-state index contributed by atoms with van der Waals surface area (Å²) < 4.78 is 226. The number of halogens is 1. The molecule has 362 valence electrons. The second-order valence-electron chi connectivity index (χ2n) is 13.4. The van der Waals surface area contributed by atoms with Crippen LogP contribution in [0.2, 0.25) is 0 Å². The van der Waals surface area contributed by atoms with Crippen molar-refractivity contribution in [2.24, 2.45) is 0 Å². The van der Waals surface area contributed by atoms with E-state index in [-0.39, 0.29) is 200 Å². The van der Waals surface area contributed by atoms with Gasteiger partial charge in [0.1, 0.15) is 11.5 Å². The van der Waals surface area contributed by atoms with Crippen molar-refractivity contribution < 1.29 is 164 Å². The molecule has 70 heavy (non-hydrogen) atoms. The van der Waals surface area contributed by atoms with E-state index in [1.807, 2.05) is 5.32 Å². The Morgan fingerprint density at radius 3 is 1.64 bits per heavy atom.